The number of esters is 1. The smallest absolute Gasteiger partial charge is 0.315 e. The molecule has 1 N–H and O–H groups in total. The fraction of sp³-hybridized carbons (Fsp3) is 0.286. The van der Waals surface area contributed by atoms with Crippen LogP contribution in [0.4, 0.5) is 0 Å². The predicted molar refractivity (Wildman–Crippen MR) is 69.2 cm³/mol. The van der Waals surface area contributed by atoms with Gasteiger partial charge in [0.05, 0.1) is 7.11 Å². The highest BCUT2D eigenvalue weighted by Crippen LogP contribution is 2.09. The van der Waals surface area contributed by atoms with Crippen LogP contribution in [0.15, 0.2) is 35.9 Å². The average molecular weight is 261 g/mol. The molecule has 0 aliphatic carbocycles. The summed E-state index contributed by atoms with van der Waals surface area (Å²) in [6.07, 6.45) is 0. The first-order chi connectivity index (χ1) is 9.10. The van der Waals surface area contributed by atoms with Crippen LogP contribution < -0.4 is 5.32 Å². The number of carbonyl (C=O) groups excluding carboxylic acids is 3. The zero-order chi connectivity index (χ0) is 14.3. The van der Waals surface area contributed by atoms with Crippen LogP contribution >= 0.6 is 0 Å². The molecule has 0 saturated carbocycles. The number of hydrogen-bond acceptors (Lipinski definition) is 4. The zero-order valence-electron chi connectivity index (χ0n) is 10.8. The van der Waals surface area contributed by atoms with Gasteiger partial charge in [0.2, 0.25) is 0 Å². The quantitative estimate of drug-likeness (QED) is 0.633. The highest BCUT2D eigenvalue weighted by molar-refractivity contribution is 5.94. The van der Waals surface area contributed by atoms with Gasteiger partial charge in [0.15, 0.2) is 0 Å². The number of hydrogen-bond donors (Lipinski definition) is 1. The molecular weight excluding hydrogens is 246 g/mol. The number of amides is 1. The molecule has 1 aromatic carbocycles. The van der Waals surface area contributed by atoms with E-state index in [1.807, 2.05) is 0 Å². The number of carbonyl (C=O) groups is 2. The van der Waals surface area contributed by atoms with E-state index in [1.165, 1.54) is 14.0 Å². The van der Waals surface area contributed by atoms with E-state index < -0.39 is 11.9 Å². The molecule has 0 saturated heterocycles. The molecule has 0 aliphatic heterocycles. The molecule has 0 fully saturated rings. The summed E-state index contributed by atoms with van der Waals surface area (Å²) in [5.74, 6) is -0.0384. The molecule has 5 nitrogen and oxygen atoms in total. The van der Waals surface area contributed by atoms with Gasteiger partial charge in [-0.25, -0.2) is 4.79 Å². The summed E-state index contributed by atoms with van der Waals surface area (Å²) in [5, 5.41) is 2.59. The van der Waals surface area contributed by atoms with Crippen molar-refractivity contribution in [1.82, 2.24) is 5.32 Å². The van der Waals surface area contributed by atoms with Crippen LogP contribution in [0.25, 0.3) is 0 Å². The second-order valence-corrected chi connectivity index (χ2v) is 3.94. The molecular formula is C14H15NO4. The Kier molecular flexibility index (Phi) is 5.51. The van der Waals surface area contributed by atoms with Gasteiger partial charge in [0, 0.05) is 17.7 Å². The first-order valence-electron chi connectivity index (χ1n) is 5.72. The Morgan fingerprint density at radius 2 is 1.95 bits per heavy atom. The van der Waals surface area contributed by atoms with E-state index in [-0.39, 0.29) is 18.0 Å². The highest BCUT2D eigenvalue weighted by Gasteiger charge is 2.22. The number of benzene rings is 1. The molecule has 1 amide bonds. The molecule has 100 valence electrons. The Bertz CT molecular complexity index is 503. The molecule has 0 aromatic heterocycles. The lowest BCUT2D eigenvalue weighted by atomic mass is 10.0. The standard InChI is InChI=1S/C14H15NO4/c1-10(9-16)12(14(18)19-2)8-15-13(17)11-6-4-3-5-7-11/h3-7,12H,8H2,1-2H3,(H,15,17)/t12-/m0/s1. The van der Waals surface area contributed by atoms with E-state index in [4.69, 9.17) is 0 Å². The first kappa shape index (κ1) is 14.7. The van der Waals surface area contributed by atoms with E-state index >= 15 is 0 Å². The van der Waals surface area contributed by atoms with E-state index in [2.05, 4.69) is 10.1 Å². The Balaban J connectivity index is 2.70. The van der Waals surface area contributed by atoms with Crippen molar-refractivity contribution in [2.45, 2.75) is 6.92 Å². The summed E-state index contributed by atoms with van der Waals surface area (Å²) in [4.78, 5) is 33.9. The average Bonchev–Trinajstić information content (AvgIpc) is 2.47. The Morgan fingerprint density at radius 1 is 1.32 bits per heavy atom. The lowest BCUT2D eigenvalue weighted by Gasteiger charge is -2.14. The lowest BCUT2D eigenvalue weighted by molar-refractivity contribution is -0.143. The van der Waals surface area contributed by atoms with E-state index in [0.29, 0.717) is 5.56 Å². The molecule has 19 heavy (non-hydrogen) atoms. The van der Waals surface area contributed by atoms with Gasteiger partial charge >= 0.3 is 5.97 Å². The maximum atomic E-state index is 11.8. The molecule has 0 heterocycles. The van der Waals surface area contributed by atoms with Crippen molar-refractivity contribution >= 4 is 17.8 Å². The van der Waals surface area contributed by atoms with Crippen molar-refractivity contribution in [1.29, 1.82) is 0 Å². The van der Waals surface area contributed by atoms with Gasteiger partial charge in [-0.15, -0.1) is 0 Å². The summed E-state index contributed by atoms with van der Waals surface area (Å²) in [7, 11) is 1.23. The van der Waals surface area contributed by atoms with Crippen molar-refractivity contribution in [2.24, 2.45) is 5.92 Å². The van der Waals surface area contributed by atoms with E-state index in [9.17, 15) is 14.4 Å². The molecule has 0 bridgehead atoms. The van der Waals surface area contributed by atoms with Crippen LogP contribution in [0.3, 0.4) is 0 Å². The van der Waals surface area contributed by atoms with Crippen molar-refractivity contribution in [3.8, 4) is 0 Å². The number of methoxy groups -OCH3 is 1. The van der Waals surface area contributed by atoms with Crippen LogP contribution in [0.5, 0.6) is 0 Å². The molecule has 0 spiro atoms. The second kappa shape index (κ2) is 7.13. The SMILES string of the molecule is COC(=O)[C@@H](CNC(=O)c1ccccc1)C(C)=C=O. The Hall–Kier alpha value is -2.39. The van der Waals surface area contributed by atoms with Crippen molar-refractivity contribution < 1.29 is 19.1 Å². The number of nitrogens with one attached hydrogen (secondary N) is 1. The Morgan fingerprint density at radius 3 is 2.47 bits per heavy atom. The van der Waals surface area contributed by atoms with E-state index in [0.717, 1.165) is 0 Å². The van der Waals surface area contributed by atoms with Crippen LogP contribution in [0.2, 0.25) is 0 Å². The van der Waals surface area contributed by atoms with Crippen LogP contribution in [0, 0.1) is 5.92 Å². The third-order valence-electron chi connectivity index (χ3n) is 2.67. The molecule has 0 aliphatic rings. The summed E-state index contributed by atoms with van der Waals surface area (Å²) in [5.41, 5.74) is 0.680. The van der Waals surface area contributed by atoms with Gasteiger partial charge < -0.3 is 10.1 Å². The normalized spacial score (nSPS) is 11.1. The minimum atomic E-state index is -0.810. The van der Waals surface area contributed by atoms with Crippen LogP contribution in [-0.4, -0.2) is 31.5 Å². The summed E-state index contributed by atoms with van der Waals surface area (Å²) in [6.45, 7) is 1.48. The largest absolute Gasteiger partial charge is 0.468 e. The molecule has 1 rings (SSSR count). The minimum absolute atomic E-state index is 0.00146. The van der Waals surface area contributed by atoms with Gasteiger partial charge in [-0.2, -0.15) is 0 Å². The maximum absolute atomic E-state index is 11.8. The fourth-order valence-corrected chi connectivity index (χ4v) is 1.51. The zero-order valence-corrected chi connectivity index (χ0v) is 10.8. The summed E-state index contributed by atoms with van der Waals surface area (Å²) in [6, 6.07) is 8.59. The monoisotopic (exact) mass is 261 g/mol. The van der Waals surface area contributed by atoms with Crippen LogP contribution in [-0.2, 0) is 14.3 Å². The third-order valence-corrected chi connectivity index (χ3v) is 2.67. The van der Waals surface area contributed by atoms with Crippen molar-refractivity contribution in [3.05, 3.63) is 41.5 Å². The van der Waals surface area contributed by atoms with Gasteiger partial charge in [-0.05, 0) is 19.1 Å². The number of ether oxygens (including phenoxy) is 1. The second-order valence-electron chi connectivity index (χ2n) is 3.94. The maximum Gasteiger partial charge on any atom is 0.315 e. The Labute approximate surface area is 111 Å². The van der Waals surface area contributed by atoms with E-state index in [1.54, 1.807) is 36.3 Å². The fourth-order valence-electron chi connectivity index (χ4n) is 1.51. The van der Waals surface area contributed by atoms with Crippen molar-refractivity contribution in [2.75, 3.05) is 13.7 Å². The molecule has 1 aromatic rings. The number of rotatable bonds is 5. The van der Waals surface area contributed by atoms with Crippen LogP contribution in [0.1, 0.15) is 17.3 Å². The highest BCUT2D eigenvalue weighted by atomic mass is 16.5. The summed E-state index contributed by atoms with van der Waals surface area (Å²) >= 11 is 0. The molecule has 1 atom stereocenters. The van der Waals surface area contributed by atoms with Gasteiger partial charge in [-0.3, -0.25) is 9.59 Å². The molecule has 0 radical (unpaired) electrons. The third kappa shape index (κ3) is 4.08. The predicted octanol–water partition coefficient (Wildman–Crippen LogP) is 0.983. The summed E-state index contributed by atoms with van der Waals surface area (Å²) < 4.78 is 4.58. The van der Waals surface area contributed by atoms with Gasteiger partial charge in [0.25, 0.3) is 5.91 Å². The van der Waals surface area contributed by atoms with Gasteiger partial charge in [0.1, 0.15) is 11.9 Å². The lowest BCUT2D eigenvalue weighted by Crippen LogP contribution is -2.34. The topological polar surface area (TPSA) is 72.5 Å². The molecule has 5 heteroatoms. The minimum Gasteiger partial charge on any atom is -0.468 e. The van der Waals surface area contributed by atoms with Gasteiger partial charge in [-0.1, -0.05) is 18.2 Å². The van der Waals surface area contributed by atoms with Crippen molar-refractivity contribution in [3.63, 3.8) is 0 Å². The molecule has 0 unspecified atom stereocenters. The first-order valence-corrected chi connectivity index (χ1v) is 5.72.